The first-order chi connectivity index (χ1) is 10.3. The van der Waals surface area contributed by atoms with Gasteiger partial charge in [-0.1, -0.05) is 19.3 Å². The number of nitrogens with zero attached hydrogens (tertiary/aromatic N) is 2. The zero-order chi connectivity index (χ0) is 14.5. The first kappa shape index (κ1) is 14.3. The van der Waals surface area contributed by atoms with Gasteiger partial charge in [-0.3, -0.25) is 4.79 Å². The third-order valence-corrected chi connectivity index (χ3v) is 4.28. The lowest BCUT2D eigenvalue weighted by molar-refractivity contribution is 0.0926. The van der Waals surface area contributed by atoms with Crippen LogP contribution in [0.1, 0.15) is 42.5 Å². The van der Waals surface area contributed by atoms with Gasteiger partial charge in [0.05, 0.1) is 18.8 Å². The molecule has 5 nitrogen and oxygen atoms in total. The molecule has 1 aliphatic heterocycles. The topological polar surface area (TPSA) is 54.5 Å². The van der Waals surface area contributed by atoms with Crippen LogP contribution in [-0.2, 0) is 4.74 Å². The smallest absolute Gasteiger partial charge is 0.255 e. The number of ether oxygens (including phenoxy) is 1. The van der Waals surface area contributed by atoms with Crippen LogP contribution in [0.5, 0.6) is 0 Å². The lowest BCUT2D eigenvalue weighted by atomic mass is 9.95. The lowest BCUT2D eigenvalue weighted by Crippen LogP contribution is -2.40. The molecule has 114 valence electrons. The molecule has 1 aromatic rings. The largest absolute Gasteiger partial charge is 0.378 e. The van der Waals surface area contributed by atoms with E-state index in [2.05, 4.69) is 15.2 Å². The van der Waals surface area contributed by atoms with Crippen LogP contribution in [0.3, 0.4) is 0 Å². The normalized spacial score (nSPS) is 20.3. The minimum absolute atomic E-state index is 0.0106. The predicted molar refractivity (Wildman–Crippen MR) is 81.6 cm³/mol. The van der Waals surface area contributed by atoms with Crippen molar-refractivity contribution < 1.29 is 9.53 Å². The molecule has 1 amide bonds. The fraction of sp³-hybridized carbons (Fsp3) is 0.625. The molecule has 2 fully saturated rings. The van der Waals surface area contributed by atoms with Gasteiger partial charge >= 0.3 is 0 Å². The molecule has 21 heavy (non-hydrogen) atoms. The molecule has 2 heterocycles. The van der Waals surface area contributed by atoms with E-state index in [9.17, 15) is 4.79 Å². The van der Waals surface area contributed by atoms with E-state index in [0.29, 0.717) is 24.8 Å². The van der Waals surface area contributed by atoms with Crippen LogP contribution in [0, 0.1) is 0 Å². The molecule has 0 aromatic carbocycles. The van der Waals surface area contributed by atoms with Gasteiger partial charge < -0.3 is 15.0 Å². The molecule has 3 rings (SSSR count). The SMILES string of the molecule is O=C(NC1CCCCC1)c1cccnc1N1CCOCC1. The van der Waals surface area contributed by atoms with Crippen molar-refractivity contribution in [1.82, 2.24) is 10.3 Å². The van der Waals surface area contributed by atoms with Crippen molar-refractivity contribution in [3.8, 4) is 0 Å². The Hall–Kier alpha value is -1.62. The standard InChI is InChI=1S/C16H23N3O2/c20-16(18-13-5-2-1-3-6-13)14-7-4-8-17-15(14)19-9-11-21-12-10-19/h4,7-8,13H,1-3,5-6,9-12H2,(H,18,20). The van der Waals surface area contributed by atoms with E-state index < -0.39 is 0 Å². The van der Waals surface area contributed by atoms with Gasteiger partial charge in [-0.2, -0.15) is 0 Å². The van der Waals surface area contributed by atoms with E-state index in [4.69, 9.17) is 4.74 Å². The highest BCUT2D eigenvalue weighted by Gasteiger charge is 2.22. The molecule has 2 aliphatic rings. The summed E-state index contributed by atoms with van der Waals surface area (Å²) in [7, 11) is 0. The van der Waals surface area contributed by atoms with Crippen molar-refractivity contribution in [3.05, 3.63) is 23.9 Å². The van der Waals surface area contributed by atoms with Gasteiger partial charge in [-0.05, 0) is 25.0 Å². The summed E-state index contributed by atoms with van der Waals surface area (Å²) in [4.78, 5) is 19.1. The molecule has 5 heteroatoms. The fourth-order valence-corrected chi connectivity index (χ4v) is 3.11. The molecule has 1 saturated carbocycles. The molecule has 1 aromatic heterocycles. The molecule has 0 spiro atoms. The second-order valence-electron chi connectivity index (χ2n) is 5.78. The van der Waals surface area contributed by atoms with Crippen molar-refractivity contribution in [2.24, 2.45) is 0 Å². The molecule has 1 N–H and O–H groups in total. The van der Waals surface area contributed by atoms with E-state index in [1.807, 2.05) is 12.1 Å². The minimum Gasteiger partial charge on any atom is -0.378 e. The summed E-state index contributed by atoms with van der Waals surface area (Å²) in [5.41, 5.74) is 0.685. The number of carbonyl (C=O) groups is 1. The number of rotatable bonds is 3. The van der Waals surface area contributed by atoms with E-state index in [1.54, 1.807) is 6.20 Å². The maximum Gasteiger partial charge on any atom is 0.255 e. The first-order valence-corrected chi connectivity index (χ1v) is 7.93. The highest BCUT2D eigenvalue weighted by atomic mass is 16.5. The molecule has 1 saturated heterocycles. The van der Waals surface area contributed by atoms with Gasteiger partial charge in [0, 0.05) is 25.3 Å². The summed E-state index contributed by atoms with van der Waals surface area (Å²) in [6.07, 6.45) is 7.67. The Morgan fingerprint density at radius 3 is 2.76 bits per heavy atom. The molecule has 0 atom stereocenters. The minimum atomic E-state index is 0.0106. The number of pyridine rings is 1. The summed E-state index contributed by atoms with van der Waals surface area (Å²) in [6, 6.07) is 4.03. The van der Waals surface area contributed by atoms with Crippen molar-refractivity contribution in [3.63, 3.8) is 0 Å². The summed E-state index contributed by atoms with van der Waals surface area (Å²) in [5.74, 6) is 0.797. The third-order valence-electron chi connectivity index (χ3n) is 4.28. The average molecular weight is 289 g/mol. The Labute approximate surface area is 125 Å². The first-order valence-electron chi connectivity index (χ1n) is 7.93. The molecule has 0 unspecified atom stereocenters. The van der Waals surface area contributed by atoms with Crippen LogP contribution >= 0.6 is 0 Å². The van der Waals surface area contributed by atoms with Crippen LogP contribution in [0.4, 0.5) is 5.82 Å². The molecule has 1 aliphatic carbocycles. The Morgan fingerprint density at radius 1 is 1.24 bits per heavy atom. The predicted octanol–water partition coefficient (Wildman–Crippen LogP) is 1.98. The Kier molecular flexibility index (Phi) is 4.70. The quantitative estimate of drug-likeness (QED) is 0.924. The average Bonchev–Trinajstić information content (AvgIpc) is 2.56. The van der Waals surface area contributed by atoms with Gasteiger partial charge in [0.1, 0.15) is 5.82 Å². The number of carbonyl (C=O) groups excluding carboxylic acids is 1. The van der Waals surface area contributed by atoms with Crippen molar-refractivity contribution in [1.29, 1.82) is 0 Å². The van der Waals surface area contributed by atoms with Crippen LogP contribution in [0.15, 0.2) is 18.3 Å². The Balaban J connectivity index is 1.72. The van der Waals surface area contributed by atoms with E-state index in [1.165, 1.54) is 19.3 Å². The number of amides is 1. The van der Waals surface area contributed by atoms with Gasteiger partial charge in [0.25, 0.3) is 5.91 Å². The summed E-state index contributed by atoms with van der Waals surface area (Å²) in [6.45, 7) is 2.97. The summed E-state index contributed by atoms with van der Waals surface area (Å²) in [5, 5.41) is 3.18. The van der Waals surface area contributed by atoms with E-state index >= 15 is 0 Å². The summed E-state index contributed by atoms with van der Waals surface area (Å²) >= 11 is 0. The van der Waals surface area contributed by atoms with Gasteiger partial charge in [0.15, 0.2) is 0 Å². The van der Waals surface area contributed by atoms with Crippen LogP contribution in [0.25, 0.3) is 0 Å². The summed E-state index contributed by atoms with van der Waals surface area (Å²) < 4.78 is 5.37. The van der Waals surface area contributed by atoms with Crippen LogP contribution in [0.2, 0.25) is 0 Å². The number of nitrogens with one attached hydrogen (secondary N) is 1. The van der Waals surface area contributed by atoms with Gasteiger partial charge in [-0.15, -0.1) is 0 Å². The number of hydrogen-bond donors (Lipinski definition) is 1. The zero-order valence-electron chi connectivity index (χ0n) is 12.4. The number of aromatic nitrogens is 1. The highest BCUT2D eigenvalue weighted by Crippen LogP contribution is 2.21. The molecular weight excluding hydrogens is 266 g/mol. The van der Waals surface area contributed by atoms with Crippen molar-refractivity contribution in [2.75, 3.05) is 31.2 Å². The molecule has 0 bridgehead atoms. The molecular formula is C16H23N3O2. The lowest BCUT2D eigenvalue weighted by Gasteiger charge is -2.29. The maximum absolute atomic E-state index is 12.6. The van der Waals surface area contributed by atoms with E-state index in [-0.39, 0.29) is 5.91 Å². The zero-order valence-corrected chi connectivity index (χ0v) is 12.4. The number of anilines is 1. The maximum atomic E-state index is 12.6. The number of morpholine rings is 1. The third kappa shape index (κ3) is 3.53. The molecule has 0 radical (unpaired) electrons. The second-order valence-corrected chi connectivity index (χ2v) is 5.78. The highest BCUT2D eigenvalue weighted by molar-refractivity contribution is 5.99. The van der Waals surface area contributed by atoms with Crippen LogP contribution in [-0.4, -0.2) is 43.2 Å². The van der Waals surface area contributed by atoms with Gasteiger partial charge in [-0.25, -0.2) is 4.98 Å². The van der Waals surface area contributed by atoms with Gasteiger partial charge in [0.2, 0.25) is 0 Å². The monoisotopic (exact) mass is 289 g/mol. The number of hydrogen-bond acceptors (Lipinski definition) is 4. The second kappa shape index (κ2) is 6.89. The Bertz CT molecular complexity index is 480. The fourth-order valence-electron chi connectivity index (χ4n) is 3.11. The van der Waals surface area contributed by atoms with Crippen molar-refractivity contribution in [2.45, 2.75) is 38.1 Å². The van der Waals surface area contributed by atoms with Crippen LogP contribution < -0.4 is 10.2 Å². The Morgan fingerprint density at radius 2 is 2.00 bits per heavy atom. The van der Waals surface area contributed by atoms with Crippen molar-refractivity contribution >= 4 is 11.7 Å². The van der Waals surface area contributed by atoms with E-state index in [0.717, 1.165) is 31.7 Å².